The molecule has 3 atom stereocenters. The molecular weight excluding hydrogens is 428 g/mol. The average molecular weight is 461 g/mol. The molecule has 33 heavy (non-hydrogen) atoms. The molecule has 0 unspecified atom stereocenters. The summed E-state index contributed by atoms with van der Waals surface area (Å²) in [7, 11) is 0. The van der Waals surface area contributed by atoms with Crippen molar-refractivity contribution in [2.75, 3.05) is 13.2 Å². The molecule has 0 amide bonds. The molecule has 2 aliphatic rings. The second kappa shape index (κ2) is 8.92. The lowest BCUT2D eigenvalue weighted by Gasteiger charge is -2.30. The molecule has 0 bridgehead atoms. The van der Waals surface area contributed by atoms with E-state index in [0.717, 1.165) is 36.8 Å². The van der Waals surface area contributed by atoms with Crippen LogP contribution in [0, 0.1) is 27.7 Å². The molecule has 2 aromatic heterocycles. The Hall–Kier alpha value is -2.70. The van der Waals surface area contributed by atoms with Crippen molar-refractivity contribution < 1.29 is 4.74 Å². The molecule has 2 fully saturated rings. The van der Waals surface area contributed by atoms with Gasteiger partial charge in [0.1, 0.15) is 0 Å². The quantitative estimate of drug-likeness (QED) is 0.526. The van der Waals surface area contributed by atoms with E-state index in [-0.39, 0.29) is 18.2 Å². The van der Waals surface area contributed by atoms with E-state index in [4.69, 9.17) is 21.9 Å². The lowest BCUT2D eigenvalue weighted by Crippen LogP contribution is -2.36. The summed E-state index contributed by atoms with van der Waals surface area (Å²) < 4.78 is 8.38. The highest BCUT2D eigenvalue weighted by atomic mass is 32.1. The van der Waals surface area contributed by atoms with Crippen molar-refractivity contribution in [3.8, 4) is 5.69 Å². The summed E-state index contributed by atoms with van der Waals surface area (Å²) in [4.78, 5) is 7.03. The first kappa shape index (κ1) is 22.1. The summed E-state index contributed by atoms with van der Waals surface area (Å²) in [6.45, 7) is 10.4. The summed E-state index contributed by atoms with van der Waals surface area (Å²) in [5.74, 6) is 0. The Morgan fingerprint density at radius 1 is 1.12 bits per heavy atom. The number of hydrogen-bond acceptors (Lipinski definition) is 3. The van der Waals surface area contributed by atoms with Crippen LogP contribution < -0.4 is 5.32 Å². The maximum atomic E-state index is 6.00. The van der Waals surface area contributed by atoms with E-state index in [0.29, 0.717) is 0 Å². The first-order valence-electron chi connectivity index (χ1n) is 11.8. The summed E-state index contributed by atoms with van der Waals surface area (Å²) in [6, 6.07) is 15.0. The number of aromatic nitrogens is 2. The standard InChI is InChI=1S/C27H32N4OS/c1-17-9-7-12-24(19(17)3)31-18(2)15-22(20(31)4)26-25(23-11-5-6-13-28-23)29-27(33)30(26)16-21-10-8-14-32-21/h5-7,9,11-13,15,21,25-26H,8,10,14,16H2,1-4H3,(H,29,33)/t21-,25+,26-/m1/s1. The number of aryl methyl sites for hydroxylation is 2. The van der Waals surface area contributed by atoms with Crippen LogP contribution in [-0.4, -0.2) is 38.8 Å². The van der Waals surface area contributed by atoms with Gasteiger partial charge in [0, 0.05) is 36.4 Å². The highest BCUT2D eigenvalue weighted by Gasteiger charge is 2.42. The van der Waals surface area contributed by atoms with Gasteiger partial charge in [-0.2, -0.15) is 0 Å². The van der Waals surface area contributed by atoms with Crippen LogP contribution in [0.2, 0.25) is 0 Å². The van der Waals surface area contributed by atoms with Crippen LogP contribution in [0.3, 0.4) is 0 Å². The summed E-state index contributed by atoms with van der Waals surface area (Å²) in [5.41, 5.74) is 8.62. The van der Waals surface area contributed by atoms with E-state index in [2.05, 4.69) is 72.8 Å². The largest absolute Gasteiger partial charge is 0.376 e. The maximum Gasteiger partial charge on any atom is 0.170 e. The second-order valence-corrected chi connectivity index (χ2v) is 9.68. The number of rotatable bonds is 5. The van der Waals surface area contributed by atoms with Crippen LogP contribution in [0.5, 0.6) is 0 Å². The number of thiocarbonyl (C=S) groups is 1. The third kappa shape index (κ3) is 3.96. The molecule has 0 radical (unpaired) electrons. The molecule has 2 saturated heterocycles. The van der Waals surface area contributed by atoms with Crippen molar-refractivity contribution in [2.45, 2.75) is 58.7 Å². The summed E-state index contributed by atoms with van der Waals surface area (Å²) in [6.07, 6.45) is 4.28. The smallest absolute Gasteiger partial charge is 0.170 e. The zero-order chi connectivity index (χ0) is 23.1. The number of ether oxygens (including phenoxy) is 1. The Balaban J connectivity index is 1.61. The van der Waals surface area contributed by atoms with Gasteiger partial charge in [-0.25, -0.2) is 0 Å². The van der Waals surface area contributed by atoms with Gasteiger partial charge in [-0.1, -0.05) is 18.2 Å². The molecule has 172 valence electrons. The van der Waals surface area contributed by atoms with Gasteiger partial charge in [0.25, 0.3) is 0 Å². The van der Waals surface area contributed by atoms with E-state index in [9.17, 15) is 0 Å². The van der Waals surface area contributed by atoms with E-state index < -0.39 is 0 Å². The Morgan fingerprint density at radius 3 is 2.70 bits per heavy atom. The van der Waals surface area contributed by atoms with Gasteiger partial charge in [-0.15, -0.1) is 0 Å². The Kier molecular flexibility index (Phi) is 5.97. The Morgan fingerprint density at radius 2 is 1.97 bits per heavy atom. The lowest BCUT2D eigenvalue weighted by atomic mass is 9.96. The Labute approximate surface area is 201 Å². The normalized spacial score (nSPS) is 22.7. The summed E-state index contributed by atoms with van der Waals surface area (Å²) >= 11 is 5.87. The van der Waals surface area contributed by atoms with Crippen LogP contribution in [0.1, 0.15) is 58.7 Å². The number of nitrogens with zero attached hydrogens (tertiary/aromatic N) is 3. The molecule has 1 aromatic carbocycles. The van der Waals surface area contributed by atoms with Gasteiger partial charge >= 0.3 is 0 Å². The minimum Gasteiger partial charge on any atom is -0.376 e. The topological polar surface area (TPSA) is 42.3 Å². The molecular formula is C27H32N4OS. The number of hydrogen-bond donors (Lipinski definition) is 1. The van der Waals surface area contributed by atoms with Gasteiger partial charge in [0.05, 0.1) is 23.9 Å². The molecule has 4 heterocycles. The van der Waals surface area contributed by atoms with Gasteiger partial charge in [0.2, 0.25) is 0 Å². The molecule has 2 aliphatic heterocycles. The maximum absolute atomic E-state index is 6.00. The number of benzene rings is 1. The van der Waals surface area contributed by atoms with Crippen molar-refractivity contribution in [1.82, 2.24) is 19.8 Å². The number of nitrogens with one attached hydrogen (secondary N) is 1. The fraction of sp³-hybridized carbons (Fsp3) is 0.407. The van der Waals surface area contributed by atoms with Crippen molar-refractivity contribution in [1.29, 1.82) is 0 Å². The zero-order valence-corrected chi connectivity index (χ0v) is 20.7. The van der Waals surface area contributed by atoms with Crippen LogP contribution in [0.4, 0.5) is 0 Å². The molecule has 0 spiro atoms. The molecule has 0 saturated carbocycles. The fourth-order valence-electron chi connectivity index (χ4n) is 5.38. The Bertz CT molecular complexity index is 1170. The van der Waals surface area contributed by atoms with Crippen LogP contribution >= 0.6 is 12.2 Å². The third-order valence-corrected chi connectivity index (χ3v) is 7.58. The van der Waals surface area contributed by atoms with E-state index in [1.807, 2.05) is 18.3 Å². The highest BCUT2D eigenvalue weighted by Crippen LogP contribution is 2.42. The highest BCUT2D eigenvalue weighted by molar-refractivity contribution is 7.80. The first-order chi connectivity index (χ1) is 16.0. The van der Waals surface area contributed by atoms with E-state index in [1.165, 1.54) is 33.8 Å². The molecule has 6 heteroatoms. The molecule has 3 aromatic rings. The second-order valence-electron chi connectivity index (χ2n) is 9.29. The van der Waals surface area contributed by atoms with Crippen molar-refractivity contribution in [3.63, 3.8) is 0 Å². The number of pyridine rings is 1. The molecule has 5 nitrogen and oxygen atoms in total. The van der Waals surface area contributed by atoms with Crippen LogP contribution in [0.15, 0.2) is 48.7 Å². The van der Waals surface area contributed by atoms with E-state index in [1.54, 1.807) is 0 Å². The average Bonchev–Trinajstić information content (AvgIpc) is 3.51. The van der Waals surface area contributed by atoms with Gasteiger partial charge in [0.15, 0.2) is 5.11 Å². The monoisotopic (exact) mass is 460 g/mol. The van der Waals surface area contributed by atoms with E-state index >= 15 is 0 Å². The predicted molar refractivity (Wildman–Crippen MR) is 136 cm³/mol. The minimum atomic E-state index is -0.00680. The lowest BCUT2D eigenvalue weighted by molar-refractivity contribution is 0.0842. The van der Waals surface area contributed by atoms with Crippen LogP contribution in [0.25, 0.3) is 5.69 Å². The summed E-state index contributed by atoms with van der Waals surface area (Å²) in [5, 5.41) is 4.37. The molecule has 5 rings (SSSR count). The minimum absolute atomic E-state index is 0.00680. The van der Waals surface area contributed by atoms with Crippen molar-refractivity contribution in [3.05, 3.63) is 82.4 Å². The van der Waals surface area contributed by atoms with Crippen molar-refractivity contribution >= 4 is 17.3 Å². The SMILES string of the molecule is Cc1cccc(-n2c(C)cc([C@@H]3[C@H](c4ccccn4)NC(=S)N3C[C@H]3CCCO3)c2C)c1C. The zero-order valence-electron chi connectivity index (χ0n) is 19.8. The molecule has 0 aliphatic carbocycles. The fourth-order valence-corrected chi connectivity index (χ4v) is 5.70. The third-order valence-electron chi connectivity index (χ3n) is 7.23. The molecule has 1 N–H and O–H groups in total. The predicted octanol–water partition coefficient (Wildman–Crippen LogP) is 5.26. The van der Waals surface area contributed by atoms with Crippen molar-refractivity contribution in [2.24, 2.45) is 0 Å². The van der Waals surface area contributed by atoms with Gasteiger partial charge < -0.3 is 19.5 Å². The van der Waals surface area contributed by atoms with Crippen LogP contribution in [-0.2, 0) is 4.74 Å². The first-order valence-corrected chi connectivity index (χ1v) is 12.2. The van der Waals surface area contributed by atoms with Gasteiger partial charge in [-0.05, 0) is 93.7 Å². The van der Waals surface area contributed by atoms with Gasteiger partial charge in [-0.3, -0.25) is 4.98 Å².